The van der Waals surface area contributed by atoms with Gasteiger partial charge in [-0.05, 0) is 25.0 Å². The maximum atomic E-state index is 6.04. The summed E-state index contributed by atoms with van der Waals surface area (Å²) in [5.41, 5.74) is 2.56. The first-order chi connectivity index (χ1) is 8.75. The van der Waals surface area contributed by atoms with Gasteiger partial charge in [-0.25, -0.2) is 0 Å². The van der Waals surface area contributed by atoms with E-state index in [0.29, 0.717) is 0 Å². The Bertz CT molecular complexity index is 448. The van der Waals surface area contributed by atoms with Crippen LogP contribution in [-0.2, 0) is 11.2 Å². The highest BCUT2D eigenvalue weighted by Crippen LogP contribution is 2.23. The van der Waals surface area contributed by atoms with E-state index in [1.807, 2.05) is 12.1 Å². The lowest BCUT2D eigenvalue weighted by atomic mass is 10.0. The first-order valence-corrected chi connectivity index (χ1v) is 6.50. The molecule has 0 saturated carbocycles. The van der Waals surface area contributed by atoms with Crippen LogP contribution in [0.25, 0.3) is 0 Å². The fraction of sp³-hybridized carbons (Fsp3) is 0.294. The van der Waals surface area contributed by atoms with Gasteiger partial charge in [0.1, 0.15) is 0 Å². The third-order valence-corrected chi connectivity index (χ3v) is 2.87. The van der Waals surface area contributed by atoms with Crippen LogP contribution in [0.1, 0.15) is 31.1 Å². The molecule has 0 aliphatic rings. The van der Waals surface area contributed by atoms with Crippen LogP contribution in [0.5, 0.6) is 0 Å². The molecule has 1 nitrogen and oxygen atoms in total. The zero-order valence-corrected chi connectivity index (χ0v) is 11.0. The Hall–Kier alpha value is -1.60. The standard InChI is InChI=1S/C17H20O/c1-14(2)18-17(16-11-7-4-8-12-16)13-15-9-5-3-6-10-15/h3-12,14,17H,13H2,1-2H3. The van der Waals surface area contributed by atoms with E-state index in [9.17, 15) is 0 Å². The third-order valence-electron chi connectivity index (χ3n) is 2.87. The highest BCUT2D eigenvalue weighted by Gasteiger charge is 2.14. The number of rotatable bonds is 5. The van der Waals surface area contributed by atoms with Crippen molar-refractivity contribution in [2.24, 2.45) is 0 Å². The monoisotopic (exact) mass is 240 g/mol. The van der Waals surface area contributed by atoms with E-state index in [1.165, 1.54) is 11.1 Å². The van der Waals surface area contributed by atoms with E-state index < -0.39 is 0 Å². The summed E-state index contributed by atoms with van der Waals surface area (Å²) >= 11 is 0. The number of hydrogen-bond acceptors (Lipinski definition) is 1. The molecule has 1 unspecified atom stereocenters. The lowest BCUT2D eigenvalue weighted by Crippen LogP contribution is -2.13. The number of benzene rings is 2. The van der Waals surface area contributed by atoms with Crippen LogP contribution in [0.15, 0.2) is 60.7 Å². The fourth-order valence-electron chi connectivity index (χ4n) is 2.07. The van der Waals surface area contributed by atoms with Crippen LogP contribution in [0, 0.1) is 0 Å². The average Bonchev–Trinajstić information content (AvgIpc) is 2.40. The van der Waals surface area contributed by atoms with Crippen LogP contribution in [0.3, 0.4) is 0 Å². The van der Waals surface area contributed by atoms with Gasteiger partial charge in [-0.1, -0.05) is 60.7 Å². The molecule has 18 heavy (non-hydrogen) atoms. The van der Waals surface area contributed by atoms with E-state index in [2.05, 4.69) is 62.4 Å². The minimum Gasteiger partial charge on any atom is -0.371 e. The van der Waals surface area contributed by atoms with Gasteiger partial charge in [-0.15, -0.1) is 0 Å². The van der Waals surface area contributed by atoms with Gasteiger partial charge in [-0.2, -0.15) is 0 Å². The molecule has 0 heterocycles. The van der Waals surface area contributed by atoms with E-state index in [1.54, 1.807) is 0 Å². The van der Waals surface area contributed by atoms with Crippen molar-refractivity contribution in [2.75, 3.05) is 0 Å². The zero-order chi connectivity index (χ0) is 12.8. The normalized spacial score (nSPS) is 12.6. The highest BCUT2D eigenvalue weighted by molar-refractivity contribution is 5.22. The SMILES string of the molecule is CC(C)OC(Cc1ccccc1)c1ccccc1. The molecule has 0 fully saturated rings. The minimum absolute atomic E-state index is 0.133. The van der Waals surface area contributed by atoms with Gasteiger partial charge in [0.25, 0.3) is 0 Å². The Kier molecular flexibility index (Phi) is 4.54. The van der Waals surface area contributed by atoms with Crippen molar-refractivity contribution >= 4 is 0 Å². The van der Waals surface area contributed by atoms with Gasteiger partial charge in [0, 0.05) is 6.42 Å². The molecule has 0 spiro atoms. The largest absolute Gasteiger partial charge is 0.371 e. The Morgan fingerprint density at radius 2 is 1.39 bits per heavy atom. The lowest BCUT2D eigenvalue weighted by Gasteiger charge is -2.21. The first kappa shape index (κ1) is 12.8. The van der Waals surface area contributed by atoms with Crippen LogP contribution in [0.2, 0.25) is 0 Å². The summed E-state index contributed by atoms with van der Waals surface area (Å²) in [6.45, 7) is 4.17. The van der Waals surface area contributed by atoms with Gasteiger partial charge >= 0.3 is 0 Å². The molecule has 0 aromatic heterocycles. The highest BCUT2D eigenvalue weighted by atomic mass is 16.5. The summed E-state index contributed by atoms with van der Waals surface area (Å²) in [7, 11) is 0. The zero-order valence-electron chi connectivity index (χ0n) is 11.0. The molecule has 2 aromatic carbocycles. The summed E-state index contributed by atoms with van der Waals surface area (Å²) in [4.78, 5) is 0. The Morgan fingerprint density at radius 3 is 1.94 bits per heavy atom. The Balaban J connectivity index is 2.16. The molecule has 0 aliphatic carbocycles. The van der Waals surface area contributed by atoms with Crippen molar-refractivity contribution in [2.45, 2.75) is 32.5 Å². The van der Waals surface area contributed by atoms with Gasteiger partial charge in [0.05, 0.1) is 12.2 Å². The molecule has 2 rings (SSSR count). The van der Waals surface area contributed by atoms with Crippen LogP contribution in [0.4, 0.5) is 0 Å². The topological polar surface area (TPSA) is 9.23 Å². The summed E-state index contributed by atoms with van der Waals surface area (Å²) < 4.78 is 6.04. The van der Waals surface area contributed by atoms with Gasteiger partial charge in [0.15, 0.2) is 0 Å². The predicted octanol–water partition coefficient (Wildman–Crippen LogP) is 4.40. The fourth-order valence-corrected chi connectivity index (χ4v) is 2.07. The average molecular weight is 240 g/mol. The smallest absolute Gasteiger partial charge is 0.0868 e. The second kappa shape index (κ2) is 6.36. The minimum atomic E-state index is 0.133. The second-order valence-corrected chi connectivity index (χ2v) is 4.77. The van der Waals surface area contributed by atoms with Crippen LogP contribution in [-0.4, -0.2) is 6.10 Å². The summed E-state index contributed by atoms with van der Waals surface area (Å²) in [5.74, 6) is 0. The first-order valence-electron chi connectivity index (χ1n) is 6.50. The van der Waals surface area contributed by atoms with Crippen molar-refractivity contribution in [1.29, 1.82) is 0 Å². The molecule has 0 aliphatic heterocycles. The second-order valence-electron chi connectivity index (χ2n) is 4.77. The van der Waals surface area contributed by atoms with Crippen molar-refractivity contribution in [3.05, 3.63) is 71.8 Å². The van der Waals surface area contributed by atoms with Crippen molar-refractivity contribution < 1.29 is 4.74 Å². The van der Waals surface area contributed by atoms with Crippen LogP contribution >= 0.6 is 0 Å². The molecule has 1 atom stereocenters. The number of hydrogen-bond donors (Lipinski definition) is 0. The molecule has 0 radical (unpaired) electrons. The molecule has 0 N–H and O–H groups in total. The molecule has 94 valence electrons. The maximum absolute atomic E-state index is 6.04. The van der Waals surface area contributed by atoms with Crippen molar-refractivity contribution in [3.63, 3.8) is 0 Å². The van der Waals surface area contributed by atoms with E-state index in [0.717, 1.165) is 6.42 Å². The summed E-state index contributed by atoms with van der Waals surface area (Å²) in [6, 6.07) is 20.9. The van der Waals surface area contributed by atoms with Crippen LogP contribution < -0.4 is 0 Å². The van der Waals surface area contributed by atoms with Gasteiger partial charge < -0.3 is 4.74 Å². The molecule has 2 aromatic rings. The third kappa shape index (κ3) is 3.71. The molecule has 0 amide bonds. The van der Waals surface area contributed by atoms with E-state index in [4.69, 9.17) is 4.74 Å². The lowest BCUT2D eigenvalue weighted by molar-refractivity contribution is 0.00686. The maximum Gasteiger partial charge on any atom is 0.0868 e. The molecular formula is C17H20O. The van der Waals surface area contributed by atoms with E-state index in [-0.39, 0.29) is 12.2 Å². The molecule has 0 saturated heterocycles. The summed E-state index contributed by atoms with van der Waals surface area (Å²) in [5, 5.41) is 0. The molecule has 1 heteroatoms. The number of ether oxygens (including phenoxy) is 1. The van der Waals surface area contributed by atoms with E-state index >= 15 is 0 Å². The molecular weight excluding hydrogens is 220 g/mol. The Labute approximate surface area is 109 Å². The van der Waals surface area contributed by atoms with Crippen molar-refractivity contribution in [3.8, 4) is 0 Å². The summed E-state index contributed by atoms with van der Waals surface area (Å²) in [6.07, 6.45) is 1.29. The predicted molar refractivity (Wildman–Crippen MR) is 75.6 cm³/mol. The Morgan fingerprint density at radius 1 is 0.833 bits per heavy atom. The van der Waals surface area contributed by atoms with Crippen molar-refractivity contribution in [1.82, 2.24) is 0 Å². The quantitative estimate of drug-likeness (QED) is 0.753. The van der Waals surface area contributed by atoms with Gasteiger partial charge in [0.2, 0.25) is 0 Å². The molecule has 0 bridgehead atoms. The van der Waals surface area contributed by atoms with Gasteiger partial charge in [-0.3, -0.25) is 0 Å².